The van der Waals surface area contributed by atoms with Crippen LogP contribution in [0.25, 0.3) is 0 Å². The minimum absolute atomic E-state index is 0.104. The van der Waals surface area contributed by atoms with Crippen LogP contribution in [-0.2, 0) is 0 Å². The molecule has 110 valence electrons. The van der Waals surface area contributed by atoms with E-state index in [2.05, 4.69) is 28.3 Å². The van der Waals surface area contributed by atoms with Crippen LogP contribution in [0.4, 0.5) is 0 Å². The van der Waals surface area contributed by atoms with Gasteiger partial charge in [-0.1, -0.05) is 6.92 Å². The van der Waals surface area contributed by atoms with Gasteiger partial charge in [0.05, 0.1) is 0 Å². The van der Waals surface area contributed by atoms with Crippen molar-refractivity contribution < 1.29 is 4.79 Å². The fourth-order valence-corrected chi connectivity index (χ4v) is 3.59. The van der Waals surface area contributed by atoms with Gasteiger partial charge in [-0.05, 0) is 63.2 Å². The van der Waals surface area contributed by atoms with E-state index in [9.17, 15) is 4.79 Å². The zero-order valence-electron chi connectivity index (χ0n) is 12.3. The predicted octanol–water partition coefficient (Wildman–Crippen LogP) is 2.33. The molecule has 4 heteroatoms. The van der Waals surface area contributed by atoms with Crippen LogP contribution in [0, 0.1) is 5.92 Å². The molecule has 0 bridgehead atoms. The third-order valence-electron chi connectivity index (χ3n) is 4.74. The van der Waals surface area contributed by atoms with Crippen molar-refractivity contribution in [1.29, 1.82) is 0 Å². The summed E-state index contributed by atoms with van der Waals surface area (Å²) < 4.78 is 2.18. The molecule has 0 spiro atoms. The second-order valence-electron chi connectivity index (χ2n) is 6.37. The predicted molar refractivity (Wildman–Crippen MR) is 79.8 cm³/mol. The molecule has 4 nitrogen and oxygen atoms in total. The largest absolute Gasteiger partial charge is 0.348 e. The molecule has 1 aromatic rings. The SMILES string of the molecule is CC1CCC(NC(=O)c2cccn2C2CCNCC2)C1. The van der Waals surface area contributed by atoms with E-state index in [0.717, 1.165) is 50.4 Å². The average Bonchev–Trinajstić information content (AvgIpc) is 3.09. The van der Waals surface area contributed by atoms with Crippen LogP contribution in [0.2, 0.25) is 0 Å². The van der Waals surface area contributed by atoms with Crippen molar-refractivity contribution in [1.82, 2.24) is 15.2 Å². The molecule has 0 radical (unpaired) electrons. The summed E-state index contributed by atoms with van der Waals surface area (Å²) in [7, 11) is 0. The summed E-state index contributed by atoms with van der Waals surface area (Å²) in [4.78, 5) is 12.5. The number of carbonyl (C=O) groups excluding carboxylic acids is 1. The second kappa shape index (κ2) is 6.00. The van der Waals surface area contributed by atoms with Gasteiger partial charge >= 0.3 is 0 Å². The van der Waals surface area contributed by atoms with Crippen LogP contribution in [-0.4, -0.2) is 29.6 Å². The molecule has 1 amide bonds. The molecule has 1 aliphatic carbocycles. The summed E-state index contributed by atoms with van der Waals surface area (Å²) in [5, 5.41) is 6.59. The molecule has 2 N–H and O–H groups in total. The number of piperidine rings is 1. The van der Waals surface area contributed by atoms with E-state index >= 15 is 0 Å². The van der Waals surface area contributed by atoms with Gasteiger partial charge in [0.1, 0.15) is 5.69 Å². The topological polar surface area (TPSA) is 46.1 Å². The highest BCUT2D eigenvalue weighted by atomic mass is 16.2. The zero-order chi connectivity index (χ0) is 13.9. The Bertz CT molecular complexity index is 462. The number of aromatic nitrogens is 1. The standard InChI is InChI=1S/C16H25N3O/c1-12-4-5-13(11-12)18-16(20)15-3-2-10-19(15)14-6-8-17-9-7-14/h2-3,10,12-14,17H,4-9,11H2,1H3,(H,18,20). The quantitative estimate of drug-likeness (QED) is 0.889. The molecular formula is C16H25N3O. The highest BCUT2D eigenvalue weighted by Crippen LogP contribution is 2.25. The van der Waals surface area contributed by atoms with Crippen molar-refractivity contribution in [2.75, 3.05) is 13.1 Å². The summed E-state index contributed by atoms with van der Waals surface area (Å²) >= 11 is 0. The van der Waals surface area contributed by atoms with Crippen LogP contribution >= 0.6 is 0 Å². The van der Waals surface area contributed by atoms with Gasteiger partial charge in [-0.2, -0.15) is 0 Å². The van der Waals surface area contributed by atoms with Crippen LogP contribution in [0.15, 0.2) is 18.3 Å². The van der Waals surface area contributed by atoms with Gasteiger partial charge in [0.25, 0.3) is 5.91 Å². The number of amides is 1. The van der Waals surface area contributed by atoms with E-state index in [4.69, 9.17) is 0 Å². The molecule has 2 atom stereocenters. The van der Waals surface area contributed by atoms with E-state index in [1.54, 1.807) is 0 Å². The van der Waals surface area contributed by atoms with E-state index in [0.29, 0.717) is 12.1 Å². The van der Waals surface area contributed by atoms with Crippen molar-refractivity contribution >= 4 is 5.91 Å². The van der Waals surface area contributed by atoms with E-state index in [1.165, 1.54) is 6.42 Å². The lowest BCUT2D eigenvalue weighted by molar-refractivity contribution is 0.0924. The lowest BCUT2D eigenvalue weighted by Crippen LogP contribution is -2.36. The van der Waals surface area contributed by atoms with Gasteiger partial charge in [0.2, 0.25) is 0 Å². The summed E-state index contributed by atoms with van der Waals surface area (Å²) in [6, 6.07) is 4.78. The Kier molecular flexibility index (Phi) is 4.10. The Morgan fingerprint density at radius 3 is 2.80 bits per heavy atom. The van der Waals surface area contributed by atoms with Gasteiger partial charge in [0, 0.05) is 18.3 Å². The maximum absolute atomic E-state index is 12.5. The van der Waals surface area contributed by atoms with Crippen molar-refractivity contribution in [3.8, 4) is 0 Å². The lowest BCUT2D eigenvalue weighted by Gasteiger charge is -2.26. The van der Waals surface area contributed by atoms with Gasteiger partial charge < -0.3 is 15.2 Å². The fourth-order valence-electron chi connectivity index (χ4n) is 3.59. The first-order chi connectivity index (χ1) is 9.74. The van der Waals surface area contributed by atoms with Gasteiger partial charge in [-0.3, -0.25) is 4.79 Å². The Morgan fingerprint density at radius 2 is 2.10 bits per heavy atom. The number of rotatable bonds is 3. The van der Waals surface area contributed by atoms with Crippen molar-refractivity contribution in [2.45, 2.75) is 51.1 Å². The molecule has 3 rings (SSSR count). The molecule has 1 aromatic heterocycles. The van der Waals surface area contributed by atoms with Crippen molar-refractivity contribution in [3.63, 3.8) is 0 Å². The van der Waals surface area contributed by atoms with Gasteiger partial charge in [-0.25, -0.2) is 0 Å². The summed E-state index contributed by atoms with van der Waals surface area (Å²) in [5.41, 5.74) is 0.830. The number of hydrogen-bond acceptors (Lipinski definition) is 2. The molecule has 1 saturated carbocycles. The van der Waals surface area contributed by atoms with Crippen LogP contribution in [0.3, 0.4) is 0 Å². The van der Waals surface area contributed by atoms with E-state index in [1.807, 2.05) is 12.1 Å². The van der Waals surface area contributed by atoms with Gasteiger partial charge in [0.15, 0.2) is 0 Å². The molecule has 2 heterocycles. The molecule has 2 fully saturated rings. The number of nitrogens with zero attached hydrogens (tertiary/aromatic N) is 1. The maximum Gasteiger partial charge on any atom is 0.268 e. The minimum Gasteiger partial charge on any atom is -0.348 e. The molecule has 1 saturated heterocycles. The highest BCUT2D eigenvalue weighted by Gasteiger charge is 2.25. The fraction of sp³-hybridized carbons (Fsp3) is 0.688. The van der Waals surface area contributed by atoms with Gasteiger partial charge in [-0.15, -0.1) is 0 Å². The molecule has 20 heavy (non-hydrogen) atoms. The van der Waals surface area contributed by atoms with Crippen LogP contribution in [0.1, 0.15) is 55.6 Å². The van der Waals surface area contributed by atoms with E-state index < -0.39 is 0 Å². The second-order valence-corrected chi connectivity index (χ2v) is 6.37. The smallest absolute Gasteiger partial charge is 0.268 e. The average molecular weight is 275 g/mol. The van der Waals surface area contributed by atoms with Crippen molar-refractivity contribution in [2.24, 2.45) is 5.92 Å². The molecule has 1 aliphatic heterocycles. The minimum atomic E-state index is 0.104. The van der Waals surface area contributed by atoms with E-state index in [-0.39, 0.29) is 5.91 Å². The first-order valence-electron chi connectivity index (χ1n) is 7.92. The van der Waals surface area contributed by atoms with Crippen LogP contribution in [0.5, 0.6) is 0 Å². The van der Waals surface area contributed by atoms with Crippen LogP contribution < -0.4 is 10.6 Å². The Labute approximate surface area is 120 Å². The zero-order valence-corrected chi connectivity index (χ0v) is 12.3. The normalized spacial score (nSPS) is 27.6. The summed E-state index contributed by atoms with van der Waals surface area (Å²) in [5.74, 6) is 0.851. The first kappa shape index (κ1) is 13.7. The number of hydrogen-bond donors (Lipinski definition) is 2. The summed E-state index contributed by atoms with van der Waals surface area (Å²) in [6.45, 7) is 4.36. The number of nitrogens with one attached hydrogen (secondary N) is 2. The molecular weight excluding hydrogens is 250 g/mol. The summed E-state index contributed by atoms with van der Waals surface area (Å²) in [6.07, 6.45) is 7.76. The maximum atomic E-state index is 12.5. The lowest BCUT2D eigenvalue weighted by atomic mass is 10.1. The third kappa shape index (κ3) is 2.90. The van der Waals surface area contributed by atoms with Crippen molar-refractivity contribution in [3.05, 3.63) is 24.0 Å². The first-order valence-corrected chi connectivity index (χ1v) is 7.92. The monoisotopic (exact) mass is 275 g/mol. The molecule has 2 unspecified atom stereocenters. The Morgan fingerprint density at radius 1 is 1.30 bits per heavy atom. The Balaban J connectivity index is 1.67. The molecule has 2 aliphatic rings. The number of carbonyl (C=O) groups is 1. The molecule has 0 aromatic carbocycles. The Hall–Kier alpha value is -1.29. The highest BCUT2D eigenvalue weighted by molar-refractivity contribution is 5.93. The third-order valence-corrected chi connectivity index (χ3v) is 4.74.